The number of hydrogen-bond acceptors (Lipinski definition) is 4. The molecule has 1 aliphatic heterocycles. The molecule has 0 aliphatic carbocycles. The molecule has 2 rings (SSSR count). The lowest BCUT2D eigenvalue weighted by atomic mass is 9.88. The maximum Gasteiger partial charge on any atom is 0.406 e. The highest BCUT2D eigenvalue weighted by atomic mass is 16.2. The van der Waals surface area contributed by atoms with Gasteiger partial charge in [0.15, 0.2) is 0 Å². The largest absolute Gasteiger partial charge is 0.433 e. The predicted molar refractivity (Wildman–Crippen MR) is 77.1 cm³/mol. The first-order valence-electron chi connectivity index (χ1n) is 6.67. The Bertz CT molecular complexity index is 416. The summed E-state index contributed by atoms with van der Waals surface area (Å²) in [6, 6.07) is 7.61. The zero-order valence-electron chi connectivity index (χ0n) is 11.2. The fraction of sp³-hybridized carbons (Fsp3) is 0.462. The summed E-state index contributed by atoms with van der Waals surface area (Å²) in [6.45, 7) is 5.01. The van der Waals surface area contributed by atoms with Gasteiger partial charge in [-0.25, -0.2) is 0 Å². The maximum atomic E-state index is 12.1. The number of amides is 1. The Hall–Kier alpha value is -1.53. The average Bonchev–Trinajstić information content (AvgIpc) is 2.41. The first-order chi connectivity index (χ1) is 9.15. The Balaban J connectivity index is 1.89. The van der Waals surface area contributed by atoms with Crippen LogP contribution in [0.15, 0.2) is 24.3 Å². The minimum absolute atomic E-state index is 0.178. The molecule has 1 aromatic carbocycles. The predicted octanol–water partition coefficient (Wildman–Crippen LogP) is 0.183. The summed E-state index contributed by atoms with van der Waals surface area (Å²) in [5, 5.41) is 15.3. The number of piperazine rings is 1. The zero-order valence-corrected chi connectivity index (χ0v) is 11.2. The third kappa shape index (κ3) is 4.26. The Morgan fingerprint density at radius 2 is 2.00 bits per heavy atom. The molecule has 5 nitrogen and oxygen atoms in total. The molecule has 0 atom stereocenters. The van der Waals surface area contributed by atoms with Crippen molar-refractivity contribution in [1.29, 1.82) is 0 Å². The van der Waals surface area contributed by atoms with Crippen molar-refractivity contribution in [3.8, 4) is 0 Å². The molecular formula is C13H20BN3O2. The van der Waals surface area contributed by atoms with Crippen LogP contribution in [0, 0.1) is 0 Å². The van der Waals surface area contributed by atoms with E-state index in [2.05, 4.69) is 10.5 Å². The van der Waals surface area contributed by atoms with Crippen molar-refractivity contribution in [1.82, 2.24) is 10.2 Å². The van der Waals surface area contributed by atoms with E-state index in [1.54, 1.807) is 6.82 Å². The summed E-state index contributed by atoms with van der Waals surface area (Å²) in [6.07, 6.45) is 0.439. The van der Waals surface area contributed by atoms with Crippen molar-refractivity contribution < 1.29 is 9.82 Å². The molecule has 1 aliphatic rings. The maximum absolute atomic E-state index is 12.1. The highest BCUT2D eigenvalue weighted by Gasteiger charge is 2.16. The van der Waals surface area contributed by atoms with Gasteiger partial charge < -0.3 is 20.5 Å². The Labute approximate surface area is 114 Å². The molecule has 0 saturated carbocycles. The second-order valence-electron chi connectivity index (χ2n) is 4.82. The number of carbonyl (C=O) groups is 1. The molecule has 0 bridgehead atoms. The van der Waals surface area contributed by atoms with Gasteiger partial charge in [0, 0.05) is 31.9 Å². The number of carbonyl (C=O) groups excluding carboxylic acids is 1. The van der Waals surface area contributed by atoms with Crippen LogP contribution in [-0.2, 0) is 11.2 Å². The van der Waals surface area contributed by atoms with E-state index >= 15 is 0 Å². The molecule has 19 heavy (non-hydrogen) atoms. The molecular weight excluding hydrogens is 241 g/mol. The van der Waals surface area contributed by atoms with E-state index in [9.17, 15) is 9.82 Å². The van der Waals surface area contributed by atoms with Crippen LogP contribution in [0.3, 0.4) is 0 Å². The van der Waals surface area contributed by atoms with E-state index in [4.69, 9.17) is 0 Å². The highest BCUT2D eigenvalue weighted by Crippen LogP contribution is 2.11. The minimum Gasteiger partial charge on any atom is -0.433 e. The Morgan fingerprint density at radius 1 is 1.37 bits per heavy atom. The van der Waals surface area contributed by atoms with Crippen molar-refractivity contribution in [3.05, 3.63) is 29.8 Å². The van der Waals surface area contributed by atoms with E-state index in [0.717, 1.165) is 37.4 Å². The molecule has 0 unspecified atom stereocenters. The number of rotatable bonds is 4. The molecule has 6 heteroatoms. The summed E-state index contributed by atoms with van der Waals surface area (Å²) in [7, 11) is -0.576. The van der Waals surface area contributed by atoms with Crippen LogP contribution in [0.5, 0.6) is 0 Å². The smallest absolute Gasteiger partial charge is 0.406 e. The fourth-order valence-corrected chi connectivity index (χ4v) is 2.16. The SMILES string of the molecule is CB(O)Nc1ccc(CC(=O)N2CCNCC2)cc1. The van der Waals surface area contributed by atoms with Gasteiger partial charge in [0.25, 0.3) is 0 Å². The van der Waals surface area contributed by atoms with Crippen molar-refractivity contribution in [2.24, 2.45) is 0 Å². The Morgan fingerprint density at radius 3 is 2.58 bits per heavy atom. The Kier molecular flexibility index (Phi) is 4.82. The van der Waals surface area contributed by atoms with E-state index in [1.807, 2.05) is 29.2 Å². The van der Waals surface area contributed by atoms with Crippen molar-refractivity contribution in [3.63, 3.8) is 0 Å². The molecule has 0 aromatic heterocycles. The third-order valence-electron chi connectivity index (χ3n) is 3.15. The average molecular weight is 261 g/mol. The minimum atomic E-state index is -0.576. The van der Waals surface area contributed by atoms with Crippen molar-refractivity contribution >= 4 is 18.6 Å². The molecule has 3 N–H and O–H groups in total. The molecule has 1 amide bonds. The van der Waals surface area contributed by atoms with Crippen LogP contribution < -0.4 is 10.5 Å². The van der Waals surface area contributed by atoms with E-state index in [-0.39, 0.29) is 5.91 Å². The monoisotopic (exact) mass is 261 g/mol. The molecule has 1 heterocycles. The normalized spacial score (nSPS) is 15.2. The van der Waals surface area contributed by atoms with Gasteiger partial charge in [-0.1, -0.05) is 12.1 Å². The first-order valence-corrected chi connectivity index (χ1v) is 6.67. The summed E-state index contributed by atoms with van der Waals surface area (Å²) < 4.78 is 0. The van der Waals surface area contributed by atoms with Crippen molar-refractivity contribution in [2.45, 2.75) is 13.2 Å². The first kappa shape index (κ1) is 13.9. The van der Waals surface area contributed by atoms with Crippen LogP contribution in [0.2, 0.25) is 6.82 Å². The molecule has 1 fully saturated rings. The number of hydrogen-bond donors (Lipinski definition) is 3. The molecule has 1 aromatic rings. The lowest BCUT2D eigenvalue weighted by Crippen LogP contribution is -2.46. The van der Waals surface area contributed by atoms with Gasteiger partial charge in [-0.05, 0) is 24.5 Å². The fourth-order valence-electron chi connectivity index (χ4n) is 2.16. The lowest BCUT2D eigenvalue weighted by molar-refractivity contribution is -0.131. The number of anilines is 1. The van der Waals surface area contributed by atoms with Crippen LogP contribution in [-0.4, -0.2) is 49.1 Å². The van der Waals surface area contributed by atoms with Gasteiger partial charge >= 0.3 is 7.05 Å². The second kappa shape index (κ2) is 6.59. The summed E-state index contributed by atoms with van der Waals surface area (Å²) >= 11 is 0. The lowest BCUT2D eigenvalue weighted by Gasteiger charge is -2.27. The van der Waals surface area contributed by atoms with Gasteiger partial charge in [-0.3, -0.25) is 4.79 Å². The van der Waals surface area contributed by atoms with Gasteiger partial charge in [0.2, 0.25) is 5.91 Å². The number of benzene rings is 1. The molecule has 0 radical (unpaired) electrons. The molecule has 102 valence electrons. The summed E-state index contributed by atoms with van der Waals surface area (Å²) in [5.41, 5.74) is 1.85. The quantitative estimate of drug-likeness (QED) is 0.677. The van der Waals surface area contributed by atoms with E-state index < -0.39 is 7.05 Å². The second-order valence-corrected chi connectivity index (χ2v) is 4.82. The third-order valence-corrected chi connectivity index (χ3v) is 3.15. The number of nitrogens with one attached hydrogen (secondary N) is 2. The van der Waals surface area contributed by atoms with Crippen LogP contribution in [0.4, 0.5) is 5.69 Å². The van der Waals surface area contributed by atoms with E-state index in [0.29, 0.717) is 6.42 Å². The van der Waals surface area contributed by atoms with Crippen LogP contribution in [0.1, 0.15) is 5.56 Å². The summed E-state index contributed by atoms with van der Waals surface area (Å²) in [4.78, 5) is 14.0. The van der Waals surface area contributed by atoms with Gasteiger partial charge in [0.1, 0.15) is 0 Å². The molecule has 1 saturated heterocycles. The van der Waals surface area contributed by atoms with Crippen LogP contribution >= 0.6 is 0 Å². The van der Waals surface area contributed by atoms with Crippen LogP contribution in [0.25, 0.3) is 0 Å². The van der Waals surface area contributed by atoms with Gasteiger partial charge in [-0.2, -0.15) is 0 Å². The molecule has 0 spiro atoms. The van der Waals surface area contributed by atoms with Gasteiger partial charge in [0.05, 0.1) is 6.42 Å². The zero-order chi connectivity index (χ0) is 13.7. The standard InChI is InChI=1S/C13H20BN3O2/c1-14(19)16-12-4-2-11(3-5-12)10-13(18)17-8-6-15-7-9-17/h2-5,15-16,19H,6-10H2,1H3. The van der Waals surface area contributed by atoms with E-state index in [1.165, 1.54) is 0 Å². The highest BCUT2D eigenvalue weighted by molar-refractivity contribution is 6.52. The van der Waals surface area contributed by atoms with Gasteiger partial charge in [-0.15, -0.1) is 0 Å². The topological polar surface area (TPSA) is 64.6 Å². The summed E-state index contributed by atoms with van der Waals surface area (Å²) in [5.74, 6) is 0.178. The van der Waals surface area contributed by atoms with Crippen molar-refractivity contribution in [2.75, 3.05) is 31.4 Å². The number of nitrogens with zero attached hydrogens (tertiary/aromatic N) is 1.